The van der Waals surface area contributed by atoms with Crippen LogP contribution < -0.4 is 25.0 Å². The molecule has 0 spiro atoms. The number of hydrazone groups is 1. The SMILES string of the molecule is CCCCCOc1c(C=NNC(=O)CNC(=O)c2ccccc2OC)cccc1OC. The number of nitrogens with one attached hydrogen (secondary N) is 2. The Kier molecular flexibility index (Phi) is 9.87. The molecule has 0 aliphatic heterocycles. The maximum Gasteiger partial charge on any atom is 0.259 e. The predicted octanol–water partition coefficient (Wildman–Crippen LogP) is 3.15. The highest BCUT2D eigenvalue weighted by molar-refractivity contribution is 5.98. The molecule has 2 N–H and O–H groups in total. The Morgan fingerprint density at radius 1 is 1.00 bits per heavy atom. The minimum Gasteiger partial charge on any atom is -0.496 e. The monoisotopic (exact) mass is 427 g/mol. The van der Waals surface area contributed by atoms with E-state index in [4.69, 9.17) is 14.2 Å². The first-order valence-corrected chi connectivity index (χ1v) is 10.1. The zero-order valence-corrected chi connectivity index (χ0v) is 18.1. The second kappa shape index (κ2) is 12.9. The summed E-state index contributed by atoms with van der Waals surface area (Å²) >= 11 is 0. The summed E-state index contributed by atoms with van der Waals surface area (Å²) in [5.74, 6) is 0.724. The maximum atomic E-state index is 12.2. The number of rotatable bonds is 12. The van der Waals surface area contributed by atoms with Gasteiger partial charge in [-0.2, -0.15) is 5.10 Å². The Labute approximate surface area is 182 Å². The molecule has 2 amide bonds. The summed E-state index contributed by atoms with van der Waals surface area (Å²) in [7, 11) is 3.05. The van der Waals surface area contributed by atoms with Crippen LogP contribution in [0.5, 0.6) is 17.2 Å². The first-order valence-electron chi connectivity index (χ1n) is 10.1. The zero-order chi connectivity index (χ0) is 22.5. The van der Waals surface area contributed by atoms with E-state index in [1.807, 2.05) is 12.1 Å². The fourth-order valence-electron chi connectivity index (χ4n) is 2.78. The van der Waals surface area contributed by atoms with Crippen LogP contribution in [0.1, 0.15) is 42.1 Å². The van der Waals surface area contributed by atoms with Gasteiger partial charge in [-0.1, -0.05) is 38.0 Å². The number of carbonyl (C=O) groups excluding carboxylic acids is 2. The quantitative estimate of drug-likeness (QED) is 0.308. The fraction of sp³-hybridized carbons (Fsp3) is 0.348. The zero-order valence-electron chi connectivity index (χ0n) is 18.1. The number of hydrogen-bond acceptors (Lipinski definition) is 6. The molecule has 0 saturated carbocycles. The van der Waals surface area contributed by atoms with E-state index in [0.29, 0.717) is 35.0 Å². The molecule has 0 aliphatic carbocycles. The Morgan fingerprint density at radius 3 is 2.48 bits per heavy atom. The van der Waals surface area contributed by atoms with Crippen molar-refractivity contribution in [2.75, 3.05) is 27.4 Å². The van der Waals surface area contributed by atoms with Gasteiger partial charge in [0.1, 0.15) is 5.75 Å². The van der Waals surface area contributed by atoms with Gasteiger partial charge >= 0.3 is 0 Å². The third-order valence-corrected chi connectivity index (χ3v) is 4.38. The van der Waals surface area contributed by atoms with Gasteiger partial charge in [-0.05, 0) is 30.7 Å². The molecule has 0 radical (unpaired) electrons. The number of methoxy groups -OCH3 is 2. The van der Waals surface area contributed by atoms with Crippen molar-refractivity contribution >= 4 is 18.0 Å². The van der Waals surface area contributed by atoms with Crippen molar-refractivity contribution in [1.29, 1.82) is 0 Å². The van der Waals surface area contributed by atoms with Crippen molar-refractivity contribution in [3.05, 3.63) is 53.6 Å². The standard InChI is InChI=1S/C23H29N3O5/c1-4-5-8-14-31-22-17(10-9-13-20(22)30-3)15-25-26-21(27)16-24-23(28)18-11-6-7-12-19(18)29-2/h6-7,9-13,15H,4-5,8,14,16H2,1-3H3,(H,24,28)(H,26,27). The molecule has 0 atom stereocenters. The van der Waals surface area contributed by atoms with Crippen LogP contribution in [0.15, 0.2) is 47.6 Å². The van der Waals surface area contributed by atoms with Crippen molar-refractivity contribution in [1.82, 2.24) is 10.7 Å². The lowest BCUT2D eigenvalue weighted by atomic mass is 10.2. The summed E-state index contributed by atoms with van der Waals surface area (Å²) < 4.78 is 16.4. The summed E-state index contributed by atoms with van der Waals surface area (Å²) in [6, 6.07) is 12.2. The van der Waals surface area contributed by atoms with E-state index in [1.54, 1.807) is 37.4 Å². The third kappa shape index (κ3) is 7.33. The average molecular weight is 428 g/mol. The summed E-state index contributed by atoms with van der Waals surface area (Å²) in [6.07, 6.45) is 4.60. The largest absolute Gasteiger partial charge is 0.496 e. The van der Waals surface area contributed by atoms with Gasteiger partial charge in [-0.15, -0.1) is 0 Å². The maximum absolute atomic E-state index is 12.2. The van der Waals surface area contributed by atoms with E-state index in [1.165, 1.54) is 13.3 Å². The number of nitrogens with zero attached hydrogens (tertiary/aromatic N) is 1. The molecule has 2 rings (SSSR count). The summed E-state index contributed by atoms with van der Waals surface area (Å²) in [6.45, 7) is 2.46. The van der Waals surface area contributed by atoms with E-state index < -0.39 is 11.8 Å². The number of amides is 2. The highest BCUT2D eigenvalue weighted by atomic mass is 16.5. The molecule has 0 aromatic heterocycles. The Bertz CT molecular complexity index is 899. The lowest BCUT2D eigenvalue weighted by Gasteiger charge is -2.13. The number of ether oxygens (including phenoxy) is 3. The molecule has 166 valence electrons. The van der Waals surface area contributed by atoms with Crippen LogP contribution in [0.3, 0.4) is 0 Å². The first-order chi connectivity index (χ1) is 15.1. The van der Waals surface area contributed by atoms with Gasteiger partial charge in [0.05, 0.1) is 39.1 Å². The first kappa shape index (κ1) is 23.7. The average Bonchev–Trinajstić information content (AvgIpc) is 2.80. The molecule has 8 nitrogen and oxygen atoms in total. The molecular weight excluding hydrogens is 398 g/mol. The van der Waals surface area contributed by atoms with E-state index in [2.05, 4.69) is 22.8 Å². The van der Waals surface area contributed by atoms with Gasteiger partial charge in [-0.3, -0.25) is 9.59 Å². The van der Waals surface area contributed by atoms with Gasteiger partial charge in [-0.25, -0.2) is 5.43 Å². The highest BCUT2D eigenvalue weighted by Gasteiger charge is 2.13. The van der Waals surface area contributed by atoms with Crippen LogP contribution >= 0.6 is 0 Å². The van der Waals surface area contributed by atoms with Crippen LogP contribution in [0, 0.1) is 0 Å². The number of para-hydroxylation sites is 2. The summed E-state index contributed by atoms with van der Waals surface area (Å²) in [5, 5.41) is 6.51. The Morgan fingerprint density at radius 2 is 1.74 bits per heavy atom. The fourth-order valence-corrected chi connectivity index (χ4v) is 2.78. The molecule has 8 heteroatoms. The van der Waals surface area contributed by atoms with Crippen molar-refractivity contribution < 1.29 is 23.8 Å². The Hall–Kier alpha value is -3.55. The lowest BCUT2D eigenvalue weighted by Crippen LogP contribution is -2.35. The normalized spacial score (nSPS) is 10.5. The third-order valence-electron chi connectivity index (χ3n) is 4.38. The molecule has 0 unspecified atom stereocenters. The van der Waals surface area contributed by atoms with Crippen LogP contribution in [0.2, 0.25) is 0 Å². The number of benzene rings is 2. The van der Waals surface area contributed by atoms with Gasteiger partial charge in [0, 0.05) is 5.56 Å². The van der Waals surface area contributed by atoms with Crippen molar-refractivity contribution in [3.63, 3.8) is 0 Å². The van der Waals surface area contributed by atoms with Gasteiger partial charge in [0.15, 0.2) is 11.5 Å². The molecule has 2 aromatic rings. The second-order valence-electron chi connectivity index (χ2n) is 6.61. The predicted molar refractivity (Wildman–Crippen MR) is 119 cm³/mol. The van der Waals surface area contributed by atoms with Crippen LogP contribution in [0.25, 0.3) is 0 Å². The van der Waals surface area contributed by atoms with Gasteiger partial charge in [0.2, 0.25) is 0 Å². The summed E-state index contributed by atoms with van der Waals surface area (Å²) in [4.78, 5) is 24.3. The van der Waals surface area contributed by atoms with Crippen LogP contribution in [-0.2, 0) is 4.79 Å². The van der Waals surface area contributed by atoms with E-state index >= 15 is 0 Å². The van der Waals surface area contributed by atoms with Gasteiger partial charge < -0.3 is 19.5 Å². The minimum absolute atomic E-state index is 0.229. The van der Waals surface area contributed by atoms with Crippen molar-refractivity contribution in [2.24, 2.45) is 5.10 Å². The topological polar surface area (TPSA) is 98.2 Å². The Balaban J connectivity index is 1.92. The molecular formula is C23H29N3O5. The van der Waals surface area contributed by atoms with Crippen molar-refractivity contribution in [2.45, 2.75) is 26.2 Å². The van der Waals surface area contributed by atoms with E-state index in [-0.39, 0.29) is 6.54 Å². The van der Waals surface area contributed by atoms with Crippen LogP contribution in [-0.4, -0.2) is 45.4 Å². The van der Waals surface area contributed by atoms with Gasteiger partial charge in [0.25, 0.3) is 11.8 Å². The molecule has 31 heavy (non-hydrogen) atoms. The van der Waals surface area contributed by atoms with Crippen molar-refractivity contribution in [3.8, 4) is 17.2 Å². The highest BCUT2D eigenvalue weighted by Crippen LogP contribution is 2.30. The minimum atomic E-state index is -0.465. The molecule has 2 aromatic carbocycles. The van der Waals surface area contributed by atoms with E-state index in [9.17, 15) is 9.59 Å². The molecule has 0 saturated heterocycles. The van der Waals surface area contributed by atoms with Crippen LogP contribution in [0.4, 0.5) is 0 Å². The number of unbranched alkanes of at least 4 members (excludes halogenated alkanes) is 2. The number of carbonyl (C=O) groups is 2. The number of hydrogen-bond donors (Lipinski definition) is 2. The summed E-state index contributed by atoms with van der Waals surface area (Å²) in [5.41, 5.74) is 3.42. The molecule has 0 fully saturated rings. The smallest absolute Gasteiger partial charge is 0.259 e. The molecule has 0 bridgehead atoms. The lowest BCUT2D eigenvalue weighted by molar-refractivity contribution is -0.120. The second-order valence-corrected chi connectivity index (χ2v) is 6.61. The molecule has 0 heterocycles. The molecule has 0 aliphatic rings. The van der Waals surface area contributed by atoms with E-state index in [0.717, 1.165) is 19.3 Å².